The zero-order valence-corrected chi connectivity index (χ0v) is 14.7. The van der Waals surface area contributed by atoms with Crippen molar-refractivity contribution in [1.82, 2.24) is 20.3 Å². The molecule has 1 unspecified atom stereocenters. The molecule has 6 heteroatoms. The molecule has 134 valence electrons. The third kappa shape index (κ3) is 2.72. The predicted molar refractivity (Wildman–Crippen MR) is 98.0 cm³/mol. The molecule has 1 atom stereocenters. The second kappa shape index (κ2) is 6.46. The monoisotopic (exact) mass is 350 g/mol. The molecular weight excluding hydrogens is 328 g/mol. The van der Waals surface area contributed by atoms with Gasteiger partial charge in [-0.15, -0.1) is 0 Å². The van der Waals surface area contributed by atoms with Crippen LogP contribution in [0.5, 0.6) is 0 Å². The lowest BCUT2D eigenvalue weighted by atomic mass is 9.83. The van der Waals surface area contributed by atoms with E-state index in [1.54, 1.807) is 0 Å². The van der Waals surface area contributed by atoms with Crippen molar-refractivity contribution in [2.75, 3.05) is 13.1 Å². The van der Waals surface area contributed by atoms with Crippen LogP contribution in [0.1, 0.15) is 24.6 Å². The molecule has 2 aliphatic rings. The van der Waals surface area contributed by atoms with E-state index in [4.69, 9.17) is 0 Å². The molecule has 2 aromatic rings. The van der Waals surface area contributed by atoms with E-state index < -0.39 is 11.6 Å². The van der Waals surface area contributed by atoms with Crippen LogP contribution in [0, 0.1) is 0 Å². The molecule has 4 rings (SSSR count). The molecular formula is C20H22N4O2. The third-order valence-corrected chi connectivity index (χ3v) is 5.36. The van der Waals surface area contributed by atoms with Gasteiger partial charge < -0.3 is 15.4 Å². The molecule has 1 aromatic carbocycles. The lowest BCUT2D eigenvalue weighted by molar-refractivity contribution is 0.0994. The van der Waals surface area contributed by atoms with Crippen molar-refractivity contribution in [3.63, 3.8) is 0 Å². The Hall–Kier alpha value is -2.86. The fraction of sp³-hybridized carbons (Fsp3) is 0.300. The van der Waals surface area contributed by atoms with Gasteiger partial charge in [-0.05, 0) is 36.6 Å². The van der Waals surface area contributed by atoms with E-state index in [9.17, 15) is 9.90 Å². The summed E-state index contributed by atoms with van der Waals surface area (Å²) in [4.78, 5) is 17.5. The van der Waals surface area contributed by atoms with Crippen LogP contribution in [-0.4, -0.2) is 39.2 Å². The minimum absolute atomic E-state index is 0.387. The zero-order valence-electron chi connectivity index (χ0n) is 14.7. The fourth-order valence-electron chi connectivity index (χ4n) is 3.91. The Morgan fingerprint density at radius 3 is 2.69 bits per heavy atom. The molecule has 0 saturated carbocycles. The molecule has 0 spiro atoms. The van der Waals surface area contributed by atoms with Crippen LogP contribution in [0.15, 0.2) is 66.0 Å². The van der Waals surface area contributed by atoms with Gasteiger partial charge in [0.1, 0.15) is 5.54 Å². The van der Waals surface area contributed by atoms with Crippen molar-refractivity contribution in [1.29, 1.82) is 0 Å². The van der Waals surface area contributed by atoms with Crippen molar-refractivity contribution >= 4 is 6.09 Å². The minimum Gasteiger partial charge on any atom is -0.465 e. The number of pyridine rings is 1. The molecule has 0 radical (unpaired) electrons. The highest BCUT2D eigenvalue weighted by Crippen LogP contribution is 2.43. The molecule has 3 heterocycles. The molecule has 6 nitrogen and oxygen atoms in total. The average Bonchev–Trinajstić information content (AvgIpc) is 2.95. The van der Waals surface area contributed by atoms with Crippen LogP contribution in [0.25, 0.3) is 0 Å². The highest BCUT2D eigenvalue weighted by atomic mass is 16.4. The standard InChI is InChI=1S/C20H22N4O2/c1-20(18-9-5-6-11-21-18)16-10-12-23(19(25)26)14-17(16)22-24(20)13-15-7-3-2-4-8-15/h2-9,11,22H,10,12-14H2,1H3,(H,25,26). The topological polar surface area (TPSA) is 68.7 Å². The first-order valence-corrected chi connectivity index (χ1v) is 8.79. The van der Waals surface area contributed by atoms with E-state index in [1.165, 1.54) is 16.0 Å². The Morgan fingerprint density at radius 2 is 2.00 bits per heavy atom. The third-order valence-electron chi connectivity index (χ3n) is 5.36. The Balaban J connectivity index is 1.72. The fourth-order valence-corrected chi connectivity index (χ4v) is 3.91. The Bertz CT molecular complexity index is 837. The molecule has 0 saturated heterocycles. The van der Waals surface area contributed by atoms with Gasteiger partial charge in [0, 0.05) is 25.0 Å². The summed E-state index contributed by atoms with van der Waals surface area (Å²) in [6, 6.07) is 16.2. The van der Waals surface area contributed by atoms with Crippen LogP contribution in [0.2, 0.25) is 0 Å². The minimum atomic E-state index is -0.876. The Kier molecular flexibility index (Phi) is 4.12. The molecule has 2 N–H and O–H groups in total. The molecule has 2 aliphatic heterocycles. The first-order chi connectivity index (χ1) is 12.6. The highest BCUT2D eigenvalue weighted by molar-refractivity contribution is 5.66. The smallest absolute Gasteiger partial charge is 0.407 e. The lowest BCUT2D eigenvalue weighted by Crippen LogP contribution is -2.46. The summed E-state index contributed by atoms with van der Waals surface area (Å²) in [6.45, 7) is 3.77. The molecule has 1 amide bonds. The average molecular weight is 350 g/mol. The first kappa shape index (κ1) is 16.6. The second-order valence-corrected chi connectivity index (χ2v) is 6.88. The molecule has 1 aromatic heterocycles. The number of aromatic nitrogens is 1. The number of benzene rings is 1. The highest BCUT2D eigenvalue weighted by Gasteiger charge is 2.47. The number of hydrazine groups is 1. The summed E-state index contributed by atoms with van der Waals surface area (Å²) in [6.07, 6.45) is 1.64. The normalized spacial score (nSPS) is 22.9. The number of carboxylic acid groups (broad SMARTS) is 1. The summed E-state index contributed by atoms with van der Waals surface area (Å²) in [5.74, 6) is 0. The predicted octanol–water partition coefficient (Wildman–Crippen LogP) is 2.96. The summed E-state index contributed by atoms with van der Waals surface area (Å²) < 4.78 is 0. The van der Waals surface area contributed by atoms with Gasteiger partial charge in [-0.3, -0.25) is 4.98 Å². The molecule has 0 bridgehead atoms. The van der Waals surface area contributed by atoms with E-state index in [2.05, 4.69) is 34.5 Å². The quantitative estimate of drug-likeness (QED) is 0.891. The van der Waals surface area contributed by atoms with Crippen LogP contribution in [-0.2, 0) is 12.1 Å². The Labute approximate surface area is 152 Å². The van der Waals surface area contributed by atoms with E-state index in [0.717, 1.165) is 11.4 Å². The number of rotatable bonds is 3. The van der Waals surface area contributed by atoms with Gasteiger partial charge in [0.25, 0.3) is 0 Å². The number of hydrogen-bond acceptors (Lipinski definition) is 4. The van der Waals surface area contributed by atoms with E-state index >= 15 is 0 Å². The van der Waals surface area contributed by atoms with Gasteiger partial charge in [-0.2, -0.15) is 0 Å². The SMILES string of the molecule is CC1(c2ccccn2)C2=C(CN(C(=O)O)CC2)NN1Cc1ccccc1. The summed E-state index contributed by atoms with van der Waals surface area (Å²) >= 11 is 0. The van der Waals surface area contributed by atoms with Crippen LogP contribution >= 0.6 is 0 Å². The molecule has 0 fully saturated rings. The second-order valence-electron chi connectivity index (χ2n) is 6.88. The van der Waals surface area contributed by atoms with Gasteiger partial charge >= 0.3 is 6.09 Å². The van der Waals surface area contributed by atoms with Crippen LogP contribution in [0.4, 0.5) is 4.79 Å². The maximum Gasteiger partial charge on any atom is 0.407 e. The summed E-state index contributed by atoms with van der Waals surface area (Å²) in [5, 5.41) is 11.5. The van der Waals surface area contributed by atoms with Gasteiger partial charge in [0.2, 0.25) is 0 Å². The zero-order chi connectivity index (χ0) is 18.1. The number of nitrogens with one attached hydrogen (secondary N) is 1. The molecule has 26 heavy (non-hydrogen) atoms. The van der Waals surface area contributed by atoms with Crippen molar-refractivity contribution < 1.29 is 9.90 Å². The number of amides is 1. The van der Waals surface area contributed by atoms with Gasteiger partial charge in [0.05, 0.1) is 12.2 Å². The van der Waals surface area contributed by atoms with Gasteiger partial charge in [0.15, 0.2) is 0 Å². The van der Waals surface area contributed by atoms with Gasteiger partial charge in [-0.25, -0.2) is 9.80 Å². The van der Waals surface area contributed by atoms with Crippen LogP contribution < -0.4 is 5.43 Å². The van der Waals surface area contributed by atoms with Gasteiger partial charge in [-0.1, -0.05) is 36.4 Å². The van der Waals surface area contributed by atoms with Crippen LogP contribution in [0.3, 0.4) is 0 Å². The van der Waals surface area contributed by atoms with Crippen molar-refractivity contribution in [2.45, 2.75) is 25.4 Å². The number of carbonyl (C=O) groups is 1. The van der Waals surface area contributed by atoms with Crippen molar-refractivity contribution in [2.24, 2.45) is 0 Å². The maximum atomic E-state index is 11.4. The largest absolute Gasteiger partial charge is 0.465 e. The molecule has 0 aliphatic carbocycles. The van der Waals surface area contributed by atoms with E-state index in [0.29, 0.717) is 26.1 Å². The van der Waals surface area contributed by atoms with Crippen molar-refractivity contribution in [3.8, 4) is 0 Å². The lowest BCUT2D eigenvalue weighted by Gasteiger charge is -2.37. The number of nitrogens with zero attached hydrogens (tertiary/aromatic N) is 3. The summed E-state index contributed by atoms with van der Waals surface area (Å²) in [7, 11) is 0. The van der Waals surface area contributed by atoms with E-state index in [1.807, 2.05) is 42.6 Å². The van der Waals surface area contributed by atoms with Crippen molar-refractivity contribution in [3.05, 3.63) is 77.3 Å². The summed E-state index contributed by atoms with van der Waals surface area (Å²) in [5.41, 5.74) is 7.44. The maximum absolute atomic E-state index is 11.4. The number of hydrogen-bond donors (Lipinski definition) is 2. The Morgan fingerprint density at radius 1 is 1.23 bits per heavy atom. The van der Waals surface area contributed by atoms with E-state index in [-0.39, 0.29) is 0 Å². The first-order valence-electron chi connectivity index (χ1n) is 8.79.